The van der Waals surface area contributed by atoms with Crippen LogP contribution in [0.25, 0.3) is 21.3 Å². The molecular weight excluding hydrogens is 524 g/mol. The van der Waals surface area contributed by atoms with Gasteiger partial charge in [-0.3, -0.25) is 4.55 Å². The maximum Gasteiger partial charge on any atom is 0.241 e. The van der Waals surface area contributed by atoms with Gasteiger partial charge in [0.25, 0.3) is 0 Å². The Morgan fingerprint density at radius 2 is 1.83 bits per heavy atom. The molecule has 5 rings (SSSR count). The lowest BCUT2D eigenvalue weighted by Crippen LogP contribution is -2.17. The Labute approximate surface area is 212 Å². The summed E-state index contributed by atoms with van der Waals surface area (Å²) in [5.74, 6) is -0.459. The summed E-state index contributed by atoms with van der Waals surface area (Å²) in [7, 11) is -3.91. The molecule has 5 aromatic rings. The van der Waals surface area contributed by atoms with Gasteiger partial charge in [0.15, 0.2) is 15.1 Å². The van der Waals surface area contributed by atoms with Gasteiger partial charge in [-0.05, 0) is 23.3 Å². The molecule has 0 saturated carbocycles. The van der Waals surface area contributed by atoms with Crippen molar-refractivity contribution in [1.82, 2.24) is 29.9 Å². The zero-order valence-electron chi connectivity index (χ0n) is 18.4. The molecule has 3 aromatic heterocycles. The van der Waals surface area contributed by atoms with Gasteiger partial charge in [-0.1, -0.05) is 36.4 Å². The predicted octanol–water partition coefficient (Wildman–Crippen LogP) is 3.07. The predicted molar refractivity (Wildman–Crippen MR) is 133 cm³/mol. The van der Waals surface area contributed by atoms with E-state index in [1.807, 2.05) is 12.1 Å². The lowest BCUT2D eigenvalue weighted by atomic mass is 10.1. The second-order valence-electron chi connectivity index (χ2n) is 7.64. The molecule has 0 spiro atoms. The van der Waals surface area contributed by atoms with Gasteiger partial charge in [0, 0.05) is 18.0 Å². The molecule has 0 aliphatic carbocycles. The molecule has 14 heteroatoms. The van der Waals surface area contributed by atoms with Crippen LogP contribution >= 0.6 is 11.3 Å². The first-order chi connectivity index (χ1) is 17.4. The van der Waals surface area contributed by atoms with Crippen LogP contribution in [0.2, 0.25) is 0 Å². The standard InChI is InChI=1S/C22H18N6O5S3/c29-35(30)25-11-19-27-28-21(33-19)20(36(31,32)12-14-4-2-1-3-5-14)22-26-17-7-6-15(8-18(17)34-22)16-9-23-13-24-10-16/h1-10,13,20,25H,11-12H2,(H,29,30). The Balaban J connectivity index is 1.56. The first-order valence-electron chi connectivity index (χ1n) is 10.5. The van der Waals surface area contributed by atoms with Crippen LogP contribution in [0.5, 0.6) is 0 Å². The van der Waals surface area contributed by atoms with Crippen molar-refractivity contribution >= 4 is 42.7 Å². The van der Waals surface area contributed by atoms with E-state index in [1.165, 1.54) is 17.7 Å². The molecule has 0 radical (unpaired) electrons. The normalized spacial score (nSPS) is 13.6. The van der Waals surface area contributed by atoms with Crippen molar-refractivity contribution < 1.29 is 21.6 Å². The summed E-state index contributed by atoms with van der Waals surface area (Å²) in [6.45, 7) is -0.204. The van der Waals surface area contributed by atoms with E-state index in [2.05, 4.69) is 29.9 Å². The fourth-order valence-electron chi connectivity index (χ4n) is 3.55. The molecule has 0 fully saturated rings. The van der Waals surface area contributed by atoms with E-state index >= 15 is 0 Å². The lowest BCUT2D eigenvalue weighted by Gasteiger charge is -2.12. The lowest BCUT2D eigenvalue weighted by molar-refractivity contribution is 0.442. The minimum Gasteiger partial charge on any atom is -0.422 e. The second-order valence-corrected chi connectivity index (χ2v) is 11.6. The molecule has 0 saturated heterocycles. The summed E-state index contributed by atoms with van der Waals surface area (Å²) in [5, 5.41) is 6.74. The van der Waals surface area contributed by atoms with Crippen LogP contribution in [0.15, 0.2) is 71.7 Å². The molecule has 2 aromatic carbocycles. The number of hydrogen-bond donors (Lipinski definition) is 2. The highest BCUT2D eigenvalue weighted by molar-refractivity contribution is 7.91. The minimum atomic E-state index is -3.91. The summed E-state index contributed by atoms with van der Waals surface area (Å²) >= 11 is -1.08. The average Bonchev–Trinajstić information content (AvgIpc) is 3.50. The smallest absolute Gasteiger partial charge is 0.241 e. The second kappa shape index (κ2) is 10.3. The van der Waals surface area contributed by atoms with E-state index in [0.717, 1.165) is 15.8 Å². The van der Waals surface area contributed by atoms with Crippen LogP contribution < -0.4 is 4.72 Å². The molecule has 2 N–H and O–H groups in total. The fraction of sp³-hybridized carbons (Fsp3) is 0.136. The van der Waals surface area contributed by atoms with Crippen LogP contribution in [-0.2, 0) is 33.4 Å². The van der Waals surface area contributed by atoms with E-state index in [0.29, 0.717) is 11.1 Å². The quantitative estimate of drug-likeness (QED) is 0.265. The average molecular weight is 543 g/mol. The summed E-state index contributed by atoms with van der Waals surface area (Å²) in [6.07, 6.45) is 4.83. The van der Waals surface area contributed by atoms with E-state index in [1.54, 1.807) is 48.8 Å². The number of thiazole rings is 1. The van der Waals surface area contributed by atoms with E-state index in [9.17, 15) is 12.6 Å². The van der Waals surface area contributed by atoms with Crippen LogP contribution in [0, 0.1) is 0 Å². The molecule has 3 heterocycles. The molecule has 11 nitrogen and oxygen atoms in total. The number of aromatic nitrogens is 5. The fourth-order valence-corrected chi connectivity index (χ4v) is 6.95. The monoisotopic (exact) mass is 542 g/mol. The largest absolute Gasteiger partial charge is 0.422 e. The first kappa shape index (κ1) is 24.3. The van der Waals surface area contributed by atoms with Crippen molar-refractivity contribution in [2.24, 2.45) is 0 Å². The zero-order valence-corrected chi connectivity index (χ0v) is 20.8. The highest BCUT2D eigenvalue weighted by atomic mass is 32.2. The molecule has 184 valence electrons. The van der Waals surface area contributed by atoms with Crippen molar-refractivity contribution in [3.63, 3.8) is 0 Å². The number of fused-ring (bicyclic) bond motifs is 1. The van der Waals surface area contributed by atoms with Crippen LogP contribution in [-0.4, -0.2) is 42.3 Å². The third-order valence-electron chi connectivity index (χ3n) is 5.15. The molecule has 0 bridgehead atoms. The third-order valence-corrected chi connectivity index (χ3v) is 8.65. The van der Waals surface area contributed by atoms with Crippen molar-refractivity contribution in [1.29, 1.82) is 0 Å². The number of nitrogens with zero attached hydrogens (tertiary/aromatic N) is 5. The van der Waals surface area contributed by atoms with Gasteiger partial charge in [0.05, 0.1) is 22.5 Å². The van der Waals surface area contributed by atoms with Gasteiger partial charge in [-0.25, -0.2) is 32.3 Å². The SMILES string of the molecule is O=S(O)NCc1nnc(C(c2nc3ccc(-c4cncnc4)cc3s2)S(=O)(=O)Cc2ccccc2)o1. The van der Waals surface area contributed by atoms with Gasteiger partial charge >= 0.3 is 0 Å². The Kier molecular flexibility index (Phi) is 6.93. The number of nitrogens with one attached hydrogen (secondary N) is 1. The van der Waals surface area contributed by atoms with Crippen LogP contribution in [0.4, 0.5) is 0 Å². The van der Waals surface area contributed by atoms with Crippen molar-refractivity contribution in [2.75, 3.05) is 0 Å². The van der Waals surface area contributed by atoms with E-state index in [-0.39, 0.29) is 29.1 Å². The van der Waals surface area contributed by atoms with Gasteiger partial charge in [0.2, 0.25) is 23.0 Å². The maximum atomic E-state index is 13.7. The number of rotatable bonds is 9. The summed E-state index contributed by atoms with van der Waals surface area (Å²) in [4.78, 5) is 12.7. The van der Waals surface area contributed by atoms with Gasteiger partial charge in [-0.15, -0.1) is 21.5 Å². The summed E-state index contributed by atoms with van der Waals surface area (Å²) in [6, 6.07) is 14.3. The van der Waals surface area contributed by atoms with Crippen LogP contribution in [0.3, 0.4) is 0 Å². The molecule has 36 heavy (non-hydrogen) atoms. The van der Waals surface area contributed by atoms with Crippen molar-refractivity contribution in [2.45, 2.75) is 17.5 Å². The Hall–Kier alpha value is -3.43. The first-order valence-corrected chi connectivity index (χ1v) is 14.1. The zero-order chi connectivity index (χ0) is 25.1. The molecule has 2 atom stereocenters. The Bertz CT molecular complexity index is 1620. The van der Waals surface area contributed by atoms with Gasteiger partial charge in [-0.2, -0.15) is 0 Å². The molecule has 0 amide bonds. The molecule has 2 unspecified atom stereocenters. The summed E-state index contributed by atoms with van der Waals surface area (Å²) < 4.78 is 55.8. The number of benzene rings is 2. The number of sulfone groups is 1. The number of hydrogen-bond acceptors (Lipinski definition) is 10. The highest BCUT2D eigenvalue weighted by Crippen LogP contribution is 2.38. The van der Waals surface area contributed by atoms with Gasteiger partial charge in [0.1, 0.15) is 11.3 Å². The Morgan fingerprint density at radius 3 is 2.58 bits per heavy atom. The van der Waals surface area contributed by atoms with E-state index in [4.69, 9.17) is 8.97 Å². The minimum absolute atomic E-state index is 0.0280. The highest BCUT2D eigenvalue weighted by Gasteiger charge is 2.37. The molecule has 0 aliphatic heterocycles. The van der Waals surface area contributed by atoms with Crippen LogP contribution in [0.1, 0.15) is 27.6 Å². The maximum absolute atomic E-state index is 13.7. The Morgan fingerprint density at radius 1 is 1.06 bits per heavy atom. The molecule has 0 aliphatic rings. The van der Waals surface area contributed by atoms with Crippen molar-refractivity contribution in [3.05, 3.63) is 89.6 Å². The van der Waals surface area contributed by atoms with Gasteiger partial charge < -0.3 is 4.42 Å². The summed E-state index contributed by atoms with van der Waals surface area (Å²) in [5.41, 5.74) is 2.91. The third kappa shape index (κ3) is 5.37. The van der Waals surface area contributed by atoms with Crippen molar-refractivity contribution in [3.8, 4) is 11.1 Å². The molecular formula is C22H18N6O5S3. The topological polar surface area (TPSA) is 161 Å². The van der Waals surface area contributed by atoms with E-state index < -0.39 is 26.4 Å².